The number of hydrogen-bond donors (Lipinski definition) is 0. The molecule has 0 aliphatic heterocycles. The molecule has 0 N–H and O–H groups in total. The Balaban J connectivity index is 2.76. The van der Waals surface area contributed by atoms with Gasteiger partial charge in [-0.2, -0.15) is 4.98 Å². The van der Waals surface area contributed by atoms with Gasteiger partial charge in [0.25, 0.3) is 5.88 Å². The number of terminal acetylenes is 1. The zero-order chi connectivity index (χ0) is 10.4. The van der Waals surface area contributed by atoms with E-state index < -0.39 is 0 Å². The number of methoxy groups -OCH3 is 1. The Hall–Kier alpha value is -1.47. The maximum absolute atomic E-state index is 5.75. The second-order valence-corrected chi connectivity index (χ2v) is 2.66. The van der Waals surface area contributed by atoms with Crippen LogP contribution < -0.4 is 9.47 Å². The van der Waals surface area contributed by atoms with Crippen molar-refractivity contribution < 1.29 is 9.47 Å². The van der Waals surface area contributed by atoms with Crippen LogP contribution in [0.1, 0.15) is 6.42 Å². The summed E-state index contributed by atoms with van der Waals surface area (Å²) >= 11 is 5.75. The SMILES string of the molecule is C#CCCOc1ncnc(Cl)c1OC. The average Bonchev–Trinajstić information content (AvgIpc) is 2.18. The average molecular weight is 213 g/mol. The zero-order valence-corrected chi connectivity index (χ0v) is 8.41. The minimum atomic E-state index is 0.221. The fourth-order valence-electron chi connectivity index (χ4n) is 0.818. The van der Waals surface area contributed by atoms with Crippen LogP contribution in [0.3, 0.4) is 0 Å². The van der Waals surface area contributed by atoms with Crippen molar-refractivity contribution in [2.45, 2.75) is 6.42 Å². The molecule has 74 valence electrons. The Kier molecular flexibility index (Phi) is 4.02. The van der Waals surface area contributed by atoms with Gasteiger partial charge in [0.15, 0.2) is 5.15 Å². The summed E-state index contributed by atoms with van der Waals surface area (Å²) in [6.45, 7) is 0.375. The number of ether oxygens (including phenoxy) is 2. The fourth-order valence-corrected chi connectivity index (χ4v) is 1.02. The summed E-state index contributed by atoms with van der Waals surface area (Å²) in [7, 11) is 1.47. The lowest BCUT2D eigenvalue weighted by Gasteiger charge is -2.08. The van der Waals surface area contributed by atoms with Gasteiger partial charge in [-0.25, -0.2) is 4.98 Å². The molecule has 0 aliphatic rings. The van der Waals surface area contributed by atoms with E-state index in [2.05, 4.69) is 15.9 Å². The Morgan fingerprint density at radius 3 is 3.00 bits per heavy atom. The third-order valence-electron chi connectivity index (χ3n) is 1.42. The Labute approximate surface area is 87.2 Å². The molecule has 14 heavy (non-hydrogen) atoms. The first kappa shape index (κ1) is 10.6. The van der Waals surface area contributed by atoms with Crippen molar-refractivity contribution in [3.8, 4) is 24.0 Å². The van der Waals surface area contributed by atoms with Crippen molar-refractivity contribution in [3.63, 3.8) is 0 Å². The van der Waals surface area contributed by atoms with Gasteiger partial charge < -0.3 is 9.47 Å². The van der Waals surface area contributed by atoms with Crippen LogP contribution in [-0.2, 0) is 0 Å². The molecule has 0 aliphatic carbocycles. The van der Waals surface area contributed by atoms with E-state index in [9.17, 15) is 0 Å². The van der Waals surface area contributed by atoms with Crippen molar-refractivity contribution in [1.29, 1.82) is 0 Å². The molecule has 0 fully saturated rings. The first-order valence-corrected chi connectivity index (χ1v) is 4.28. The summed E-state index contributed by atoms with van der Waals surface area (Å²) in [6, 6.07) is 0. The molecule has 0 saturated heterocycles. The minimum Gasteiger partial charge on any atom is -0.489 e. The highest BCUT2D eigenvalue weighted by molar-refractivity contribution is 6.31. The van der Waals surface area contributed by atoms with Gasteiger partial charge in [-0.05, 0) is 0 Å². The molecule has 0 radical (unpaired) electrons. The number of hydrogen-bond acceptors (Lipinski definition) is 4. The van der Waals surface area contributed by atoms with Crippen LogP contribution >= 0.6 is 11.6 Å². The molecule has 0 amide bonds. The molecule has 0 saturated carbocycles. The van der Waals surface area contributed by atoms with Crippen molar-refractivity contribution >= 4 is 11.6 Å². The maximum atomic E-state index is 5.75. The molecule has 1 aromatic heterocycles. The molecule has 0 atom stereocenters. The lowest BCUT2D eigenvalue weighted by molar-refractivity contribution is 0.288. The van der Waals surface area contributed by atoms with E-state index in [-0.39, 0.29) is 5.15 Å². The van der Waals surface area contributed by atoms with Crippen LogP contribution in [0.15, 0.2) is 6.33 Å². The van der Waals surface area contributed by atoms with E-state index >= 15 is 0 Å². The molecule has 1 aromatic rings. The van der Waals surface area contributed by atoms with E-state index in [0.29, 0.717) is 24.7 Å². The number of nitrogens with zero attached hydrogens (tertiary/aromatic N) is 2. The monoisotopic (exact) mass is 212 g/mol. The number of aromatic nitrogens is 2. The van der Waals surface area contributed by atoms with Crippen molar-refractivity contribution in [2.75, 3.05) is 13.7 Å². The highest BCUT2D eigenvalue weighted by Gasteiger charge is 2.10. The molecule has 0 spiro atoms. The van der Waals surface area contributed by atoms with Crippen LogP contribution in [0.2, 0.25) is 5.15 Å². The highest BCUT2D eigenvalue weighted by Crippen LogP contribution is 2.30. The molecule has 1 rings (SSSR count). The molecule has 0 unspecified atom stereocenters. The van der Waals surface area contributed by atoms with Crippen LogP contribution in [-0.4, -0.2) is 23.7 Å². The van der Waals surface area contributed by atoms with Crippen molar-refractivity contribution in [3.05, 3.63) is 11.5 Å². The molecule has 5 heteroatoms. The third-order valence-corrected chi connectivity index (χ3v) is 1.69. The molecular formula is C9H9ClN2O2. The van der Waals surface area contributed by atoms with Crippen LogP contribution in [0, 0.1) is 12.3 Å². The predicted octanol–water partition coefficient (Wildman–Crippen LogP) is 1.54. The quantitative estimate of drug-likeness (QED) is 0.432. The van der Waals surface area contributed by atoms with Crippen LogP contribution in [0.5, 0.6) is 11.6 Å². The lowest BCUT2D eigenvalue weighted by atomic mass is 10.5. The van der Waals surface area contributed by atoms with E-state index in [1.807, 2.05) is 0 Å². The topological polar surface area (TPSA) is 44.2 Å². The van der Waals surface area contributed by atoms with E-state index in [1.165, 1.54) is 13.4 Å². The first-order chi connectivity index (χ1) is 6.79. The summed E-state index contributed by atoms with van der Waals surface area (Å²) in [4.78, 5) is 7.62. The van der Waals surface area contributed by atoms with Gasteiger partial charge in [0.05, 0.1) is 7.11 Å². The summed E-state index contributed by atoms with van der Waals surface area (Å²) in [5.74, 6) is 3.08. The van der Waals surface area contributed by atoms with Gasteiger partial charge in [0.1, 0.15) is 12.9 Å². The van der Waals surface area contributed by atoms with Gasteiger partial charge in [-0.3, -0.25) is 0 Å². The number of halogens is 1. The van der Waals surface area contributed by atoms with E-state index in [1.54, 1.807) is 0 Å². The molecule has 4 nitrogen and oxygen atoms in total. The van der Waals surface area contributed by atoms with Gasteiger partial charge in [0.2, 0.25) is 5.75 Å². The minimum absolute atomic E-state index is 0.221. The second kappa shape index (κ2) is 5.30. The molecule has 1 heterocycles. The summed E-state index contributed by atoms with van der Waals surface area (Å²) in [5.41, 5.74) is 0. The van der Waals surface area contributed by atoms with Gasteiger partial charge in [0, 0.05) is 6.42 Å². The van der Waals surface area contributed by atoms with Crippen LogP contribution in [0.25, 0.3) is 0 Å². The normalized spacial score (nSPS) is 9.21. The summed E-state index contributed by atoms with van der Waals surface area (Å²) < 4.78 is 10.2. The molecule has 0 aromatic carbocycles. The van der Waals surface area contributed by atoms with E-state index in [0.717, 1.165) is 0 Å². The highest BCUT2D eigenvalue weighted by atomic mass is 35.5. The standard InChI is InChI=1S/C9H9ClN2O2/c1-3-4-5-14-9-7(13-2)8(10)11-6-12-9/h1,6H,4-5H2,2H3. The van der Waals surface area contributed by atoms with Gasteiger partial charge in [-0.15, -0.1) is 12.3 Å². The van der Waals surface area contributed by atoms with Crippen molar-refractivity contribution in [2.24, 2.45) is 0 Å². The Bertz CT molecular complexity index is 349. The molecule has 0 bridgehead atoms. The lowest BCUT2D eigenvalue weighted by Crippen LogP contribution is -2.01. The Morgan fingerprint density at radius 2 is 2.36 bits per heavy atom. The summed E-state index contributed by atoms with van der Waals surface area (Å²) in [6.07, 6.45) is 6.88. The smallest absolute Gasteiger partial charge is 0.261 e. The molecular weight excluding hydrogens is 204 g/mol. The third kappa shape index (κ3) is 2.51. The van der Waals surface area contributed by atoms with Gasteiger partial charge >= 0.3 is 0 Å². The summed E-state index contributed by atoms with van der Waals surface area (Å²) in [5, 5.41) is 0.221. The number of rotatable bonds is 4. The van der Waals surface area contributed by atoms with Crippen LogP contribution in [0.4, 0.5) is 0 Å². The predicted molar refractivity (Wildman–Crippen MR) is 52.5 cm³/mol. The first-order valence-electron chi connectivity index (χ1n) is 3.90. The van der Waals surface area contributed by atoms with Gasteiger partial charge in [-0.1, -0.05) is 11.6 Å². The largest absolute Gasteiger partial charge is 0.489 e. The fraction of sp³-hybridized carbons (Fsp3) is 0.333. The van der Waals surface area contributed by atoms with E-state index in [4.69, 9.17) is 27.5 Å². The Morgan fingerprint density at radius 1 is 1.57 bits per heavy atom. The second-order valence-electron chi connectivity index (χ2n) is 2.31. The maximum Gasteiger partial charge on any atom is 0.261 e. The van der Waals surface area contributed by atoms with Crippen molar-refractivity contribution in [1.82, 2.24) is 9.97 Å². The zero-order valence-electron chi connectivity index (χ0n) is 7.66.